The predicted molar refractivity (Wildman–Crippen MR) is 123 cm³/mol. The van der Waals surface area contributed by atoms with Crippen molar-refractivity contribution in [2.24, 2.45) is 0 Å². The molecular weight excluding hydrogens is 447 g/mol. The highest BCUT2D eigenvalue weighted by molar-refractivity contribution is 7.81. The van der Waals surface area contributed by atoms with Crippen LogP contribution < -0.4 is 9.62 Å². The Labute approximate surface area is 190 Å². The highest BCUT2D eigenvalue weighted by Crippen LogP contribution is 2.36. The van der Waals surface area contributed by atoms with Gasteiger partial charge < -0.3 is 10.4 Å². The molecule has 0 saturated heterocycles. The molecule has 0 saturated carbocycles. The molecule has 0 radical (unpaired) electrons. The number of amides is 1. The lowest BCUT2D eigenvalue weighted by Crippen LogP contribution is -2.20. The van der Waals surface area contributed by atoms with Crippen LogP contribution in [0.25, 0.3) is 11.4 Å². The molecule has 1 heterocycles. The number of nitrogens with zero attached hydrogens (tertiary/aromatic N) is 3. The number of carbonyl (C=O) groups excluding carboxylic acids is 1. The van der Waals surface area contributed by atoms with E-state index >= 15 is 0 Å². The molecule has 3 aromatic carbocycles. The van der Waals surface area contributed by atoms with E-state index in [1.165, 1.54) is 30.3 Å². The Morgan fingerprint density at radius 3 is 2.27 bits per heavy atom. The zero-order valence-electron chi connectivity index (χ0n) is 16.9. The molecule has 0 bridgehead atoms. The van der Waals surface area contributed by atoms with Crippen LogP contribution in [0.5, 0.6) is 5.75 Å². The lowest BCUT2D eigenvalue weighted by Gasteiger charge is -2.21. The van der Waals surface area contributed by atoms with Gasteiger partial charge in [0.15, 0.2) is 5.82 Å². The minimum atomic E-state index is -2.57. The van der Waals surface area contributed by atoms with Crippen LogP contribution in [-0.4, -0.2) is 29.7 Å². The van der Waals surface area contributed by atoms with Gasteiger partial charge in [-0.2, -0.15) is 0 Å². The maximum absolute atomic E-state index is 13.3. The van der Waals surface area contributed by atoms with Crippen LogP contribution in [0.3, 0.4) is 0 Å². The second kappa shape index (κ2) is 9.55. The van der Waals surface area contributed by atoms with Crippen LogP contribution in [-0.2, 0) is 11.3 Å². The molecule has 4 aromatic rings. The molecule has 0 fully saturated rings. The van der Waals surface area contributed by atoms with E-state index in [2.05, 4.69) is 15.3 Å². The van der Waals surface area contributed by atoms with Crippen LogP contribution in [0.2, 0.25) is 0 Å². The van der Waals surface area contributed by atoms with E-state index in [0.717, 1.165) is 22.0 Å². The minimum absolute atomic E-state index is 0.0446. The third kappa shape index (κ3) is 5.03. The standard InChI is InChI=1S/C23H17FN4O4S/c24-17-6-9-19(10-7-17)28(33(31)32)20-14-18(8-11-21(20)29)27-23(30)16-4-2-15(3-5-16)22-25-12-1-13-26-22/h1-14,29H,(H,27,30)(H,31,32). The number of nitrogens with one attached hydrogen (secondary N) is 1. The number of carbonyl (C=O) groups is 1. The van der Waals surface area contributed by atoms with Gasteiger partial charge in [-0.1, -0.05) is 12.1 Å². The number of halogens is 1. The smallest absolute Gasteiger partial charge is 0.266 e. The lowest BCUT2D eigenvalue weighted by atomic mass is 10.1. The molecule has 10 heteroatoms. The fraction of sp³-hybridized carbons (Fsp3) is 0. The Hall–Kier alpha value is -4.15. The molecule has 0 aliphatic heterocycles. The lowest BCUT2D eigenvalue weighted by molar-refractivity contribution is 0.102. The summed E-state index contributed by atoms with van der Waals surface area (Å²) in [6.07, 6.45) is 3.25. The highest BCUT2D eigenvalue weighted by Gasteiger charge is 2.20. The summed E-state index contributed by atoms with van der Waals surface area (Å²) in [6.45, 7) is 0. The maximum Gasteiger partial charge on any atom is 0.266 e. The zero-order valence-corrected chi connectivity index (χ0v) is 17.7. The van der Waals surface area contributed by atoms with Crippen molar-refractivity contribution in [2.45, 2.75) is 0 Å². The Balaban J connectivity index is 1.58. The molecular formula is C23H17FN4O4S. The first-order valence-corrected chi connectivity index (χ1v) is 10.7. The Kier molecular flexibility index (Phi) is 6.38. The van der Waals surface area contributed by atoms with Gasteiger partial charge in [-0.3, -0.25) is 9.35 Å². The van der Waals surface area contributed by atoms with E-state index in [1.807, 2.05) is 0 Å². The van der Waals surface area contributed by atoms with Crippen molar-refractivity contribution in [2.75, 3.05) is 9.62 Å². The summed E-state index contributed by atoms with van der Waals surface area (Å²) in [4.78, 5) is 21.0. The molecule has 0 spiro atoms. The Morgan fingerprint density at radius 2 is 1.64 bits per heavy atom. The number of phenols is 1. The van der Waals surface area contributed by atoms with Gasteiger partial charge in [-0.25, -0.2) is 22.9 Å². The van der Waals surface area contributed by atoms with Gasteiger partial charge in [-0.15, -0.1) is 0 Å². The summed E-state index contributed by atoms with van der Waals surface area (Å²) < 4.78 is 35.9. The van der Waals surface area contributed by atoms with Crippen molar-refractivity contribution in [1.29, 1.82) is 0 Å². The SMILES string of the molecule is O=C(Nc1ccc(O)c(N(c2ccc(F)cc2)S(=O)O)c1)c1ccc(-c2ncccn2)cc1. The molecule has 4 rings (SSSR count). The van der Waals surface area contributed by atoms with Gasteiger partial charge in [0.05, 0.1) is 5.69 Å². The van der Waals surface area contributed by atoms with Crippen molar-refractivity contribution in [3.63, 3.8) is 0 Å². The third-order valence-corrected chi connectivity index (χ3v) is 5.36. The van der Waals surface area contributed by atoms with Crippen LogP contribution in [0.4, 0.5) is 21.5 Å². The summed E-state index contributed by atoms with van der Waals surface area (Å²) >= 11 is -2.57. The fourth-order valence-corrected chi connectivity index (χ4v) is 3.69. The zero-order chi connectivity index (χ0) is 23.4. The van der Waals surface area contributed by atoms with Gasteiger partial charge >= 0.3 is 0 Å². The van der Waals surface area contributed by atoms with Crippen LogP contribution in [0, 0.1) is 5.82 Å². The van der Waals surface area contributed by atoms with E-state index < -0.39 is 23.0 Å². The van der Waals surface area contributed by atoms with Crippen LogP contribution >= 0.6 is 0 Å². The first-order valence-electron chi connectivity index (χ1n) is 9.61. The van der Waals surface area contributed by atoms with Gasteiger partial charge in [0.2, 0.25) is 0 Å². The quantitative estimate of drug-likeness (QED) is 0.286. The van der Waals surface area contributed by atoms with Crippen molar-refractivity contribution in [1.82, 2.24) is 9.97 Å². The molecule has 8 nitrogen and oxygen atoms in total. The number of phenolic OH excluding ortho intramolecular Hbond substituents is 1. The van der Waals surface area contributed by atoms with Crippen LogP contribution in [0.1, 0.15) is 10.4 Å². The summed E-state index contributed by atoms with van der Waals surface area (Å²) in [5.74, 6) is -0.708. The van der Waals surface area contributed by atoms with Gasteiger partial charge in [0, 0.05) is 29.2 Å². The van der Waals surface area contributed by atoms with E-state index in [1.54, 1.807) is 42.7 Å². The second-order valence-corrected chi connectivity index (χ2v) is 7.64. The van der Waals surface area contributed by atoms with Gasteiger partial charge in [0.1, 0.15) is 17.3 Å². The Bertz CT molecular complexity index is 1300. The number of hydrogen-bond acceptors (Lipinski definition) is 5. The summed E-state index contributed by atoms with van der Waals surface area (Å²) in [6, 6.07) is 17.3. The molecule has 1 amide bonds. The number of aromatic nitrogens is 2. The average molecular weight is 464 g/mol. The topological polar surface area (TPSA) is 116 Å². The number of rotatable bonds is 6. The normalized spacial score (nSPS) is 11.6. The number of benzene rings is 3. The summed E-state index contributed by atoms with van der Waals surface area (Å²) in [7, 11) is 0. The largest absolute Gasteiger partial charge is 0.506 e. The third-order valence-electron chi connectivity index (χ3n) is 4.64. The molecule has 166 valence electrons. The summed E-state index contributed by atoms with van der Waals surface area (Å²) in [5.41, 5.74) is 1.53. The highest BCUT2D eigenvalue weighted by atomic mass is 32.2. The molecule has 1 unspecified atom stereocenters. The van der Waals surface area contributed by atoms with Crippen LogP contribution in [0.15, 0.2) is 85.2 Å². The number of anilines is 3. The molecule has 0 aliphatic carbocycles. The molecule has 1 aromatic heterocycles. The fourth-order valence-electron chi connectivity index (χ4n) is 3.08. The van der Waals surface area contributed by atoms with Crippen molar-refractivity contribution in [3.05, 3.63) is 96.6 Å². The first-order chi connectivity index (χ1) is 15.9. The van der Waals surface area contributed by atoms with E-state index in [9.17, 15) is 23.1 Å². The number of aromatic hydroxyl groups is 1. The van der Waals surface area contributed by atoms with Gasteiger partial charge in [-0.05, 0) is 60.7 Å². The first kappa shape index (κ1) is 22.1. The minimum Gasteiger partial charge on any atom is -0.506 e. The second-order valence-electron chi connectivity index (χ2n) is 6.81. The summed E-state index contributed by atoms with van der Waals surface area (Å²) in [5, 5.41) is 13.0. The molecule has 1 atom stereocenters. The maximum atomic E-state index is 13.3. The van der Waals surface area contributed by atoms with Crippen molar-refractivity contribution < 1.29 is 23.1 Å². The average Bonchev–Trinajstić information content (AvgIpc) is 2.83. The Morgan fingerprint density at radius 1 is 0.970 bits per heavy atom. The van der Waals surface area contributed by atoms with Crippen molar-refractivity contribution >= 4 is 34.2 Å². The molecule has 3 N–H and O–H groups in total. The van der Waals surface area contributed by atoms with Crippen molar-refractivity contribution in [3.8, 4) is 17.1 Å². The van der Waals surface area contributed by atoms with Gasteiger partial charge in [0.25, 0.3) is 17.2 Å². The molecule has 0 aliphatic rings. The van der Waals surface area contributed by atoms with E-state index in [4.69, 9.17) is 0 Å². The monoisotopic (exact) mass is 464 g/mol. The van der Waals surface area contributed by atoms with E-state index in [-0.39, 0.29) is 22.8 Å². The number of hydrogen-bond donors (Lipinski definition) is 3. The van der Waals surface area contributed by atoms with E-state index in [0.29, 0.717) is 11.4 Å². The molecule has 33 heavy (non-hydrogen) atoms. The predicted octanol–water partition coefficient (Wildman–Crippen LogP) is 4.52.